The number of carboxylic acid groups (broad SMARTS) is 1. The van der Waals surface area contributed by atoms with Crippen molar-refractivity contribution in [1.29, 1.82) is 0 Å². The summed E-state index contributed by atoms with van der Waals surface area (Å²) in [4.78, 5) is 10.1. The third-order valence-corrected chi connectivity index (χ3v) is 1.79. The van der Waals surface area contributed by atoms with Crippen molar-refractivity contribution in [3.05, 3.63) is 18.4 Å². The van der Waals surface area contributed by atoms with Gasteiger partial charge in [-0.1, -0.05) is 6.42 Å². The monoisotopic (exact) mass is 230 g/mol. The lowest BCUT2D eigenvalue weighted by atomic mass is 10.1. The Labute approximate surface area is 93.9 Å². The number of furan rings is 1. The first-order chi connectivity index (χ1) is 7.57. The van der Waals surface area contributed by atoms with Gasteiger partial charge < -0.3 is 26.1 Å². The molecule has 0 unspecified atom stereocenters. The lowest BCUT2D eigenvalue weighted by Gasteiger charge is -2.03. The third-order valence-electron chi connectivity index (χ3n) is 1.79. The van der Waals surface area contributed by atoms with Gasteiger partial charge >= 0.3 is 5.97 Å². The number of aliphatic carboxylic acids is 1. The molecule has 1 heterocycles. The zero-order chi connectivity index (χ0) is 12.4. The number of aromatic hydroxyl groups is 1. The van der Waals surface area contributed by atoms with Crippen molar-refractivity contribution in [2.24, 2.45) is 11.5 Å². The molecule has 6 nitrogen and oxygen atoms in total. The number of rotatable bonds is 5. The summed E-state index contributed by atoms with van der Waals surface area (Å²) < 4.78 is 4.39. The molecule has 0 aliphatic carbocycles. The van der Waals surface area contributed by atoms with E-state index in [1.807, 2.05) is 0 Å². The van der Waals surface area contributed by atoms with Gasteiger partial charge in [0.15, 0.2) is 0 Å². The zero-order valence-corrected chi connectivity index (χ0v) is 9.00. The number of hydrogen-bond donors (Lipinski definition) is 4. The van der Waals surface area contributed by atoms with E-state index in [9.17, 15) is 4.79 Å². The van der Waals surface area contributed by atoms with E-state index in [0.717, 1.165) is 12.8 Å². The molecular weight excluding hydrogens is 212 g/mol. The summed E-state index contributed by atoms with van der Waals surface area (Å²) >= 11 is 0. The van der Waals surface area contributed by atoms with Gasteiger partial charge in [0.25, 0.3) is 5.95 Å². The molecule has 16 heavy (non-hydrogen) atoms. The van der Waals surface area contributed by atoms with Crippen LogP contribution in [0.25, 0.3) is 0 Å². The average molecular weight is 230 g/mol. The smallest absolute Gasteiger partial charge is 0.320 e. The molecule has 1 aromatic heterocycles. The molecule has 0 bridgehead atoms. The molecule has 6 N–H and O–H groups in total. The maximum atomic E-state index is 10.1. The van der Waals surface area contributed by atoms with Gasteiger partial charge in [0.2, 0.25) is 0 Å². The SMILES string of the molecule is NCCCC[C@H](N)C(=O)O.Oc1ccco1. The number of carboxylic acids is 1. The Balaban J connectivity index is 0.000000315. The van der Waals surface area contributed by atoms with E-state index in [4.69, 9.17) is 21.7 Å². The molecule has 0 amide bonds. The molecule has 0 saturated heterocycles. The molecule has 1 rings (SSSR count). The Morgan fingerprint density at radius 3 is 2.50 bits per heavy atom. The molecule has 1 atom stereocenters. The average Bonchev–Trinajstić information content (AvgIpc) is 2.70. The highest BCUT2D eigenvalue weighted by Crippen LogP contribution is 2.04. The highest BCUT2D eigenvalue weighted by molar-refractivity contribution is 5.72. The summed E-state index contributed by atoms with van der Waals surface area (Å²) in [5.41, 5.74) is 10.4. The van der Waals surface area contributed by atoms with Gasteiger partial charge in [-0.15, -0.1) is 0 Å². The molecule has 6 heteroatoms. The largest absolute Gasteiger partial charge is 0.481 e. The van der Waals surface area contributed by atoms with E-state index < -0.39 is 12.0 Å². The minimum Gasteiger partial charge on any atom is -0.481 e. The minimum atomic E-state index is -0.933. The fourth-order valence-corrected chi connectivity index (χ4v) is 0.902. The Hall–Kier alpha value is -1.53. The van der Waals surface area contributed by atoms with Gasteiger partial charge in [-0.2, -0.15) is 0 Å². The summed E-state index contributed by atoms with van der Waals surface area (Å²) in [6.45, 7) is 0.604. The van der Waals surface area contributed by atoms with Crippen molar-refractivity contribution in [2.45, 2.75) is 25.3 Å². The van der Waals surface area contributed by atoms with Crippen molar-refractivity contribution in [3.8, 4) is 5.95 Å². The summed E-state index contributed by atoms with van der Waals surface area (Å²) in [7, 11) is 0. The van der Waals surface area contributed by atoms with Crippen molar-refractivity contribution >= 4 is 5.97 Å². The molecule has 0 spiro atoms. The fraction of sp³-hybridized carbons (Fsp3) is 0.500. The molecule has 92 valence electrons. The molecular formula is C10H18N2O4. The summed E-state index contributed by atoms with van der Waals surface area (Å²) in [5.74, 6) is -0.966. The van der Waals surface area contributed by atoms with Crippen LogP contribution in [0.3, 0.4) is 0 Å². The molecule has 0 fully saturated rings. The highest BCUT2D eigenvalue weighted by atomic mass is 16.5. The number of unbranched alkanes of at least 4 members (excludes halogenated alkanes) is 1. The lowest BCUT2D eigenvalue weighted by Crippen LogP contribution is -2.29. The van der Waals surface area contributed by atoms with E-state index >= 15 is 0 Å². The first kappa shape index (κ1) is 14.5. The van der Waals surface area contributed by atoms with Crippen molar-refractivity contribution in [3.63, 3.8) is 0 Å². The van der Waals surface area contributed by atoms with Gasteiger partial charge in [-0.25, -0.2) is 0 Å². The standard InChI is InChI=1S/C6H14N2O2.C4H4O2/c7-4-2-1-3-5(8)6(9)10;5-4-2-1-3-6-4/h5H,1-4,7-8H2,(H,9,10);1-3,5H/t5-;/m0./s1. The molecule has 0 aliphatic heterocycles. The van der Waals surface area contributed by atoms with Crippen LogP contribution in [0.4, 0.5) is 0 Å². The van der Waals surface area contributed by atoms with Crippen molar-refractivity contribution < 1.29 is 19.4 Å². The van der Waals surface area contributed by atoms with E-state index in [-0.39, 0.29) is 5.95 Å². The molecule has 0 saturated carbocycles. The Morgan fingerprint density at radius 2 is 2.19 bits per heavy atom. The molecule has 0 radical (unpaired) electrons. The van der Waals surface area contributed by atoms with Gasteiger partial charge in [0.05, 0.1) is 6.26 Å². The maximum Gasteiger partial charge on any atom is 0.320 e. The van der Waals surface area contributed by atoms with Crippen LogP contribution in [0.5, 0.6) is 5.95 Å². The van der Waals surface area contributed by atoms with Crippen LogP contribution in [0.2, 0.25) is 0 Å². The lowest BCUT2D eigenvalue weighted by molar-refractivity contribution is -0.138. The Bertz CT molecular complexity index is 274. The summed E-state index contributed by atoms with van der Waals surface area (Å²) in [6.07, 6.45) is 3.58. The van der Waals surface area contributed by atoms with Crippen LogP contribution >= 0.6 is 0 Å². The van der Waals surface area contributed by atoms with Crippen LogP contribution in [-0.4, -0.2) is 28.8 Å². The van der Waals surface area contributed by atoms with E-state index in [2.05, 4.69) is 4.42 Å². The Kier molecular flexibility index (Phi) is 7.92. The third kappa shape index (κ3) is 7.84. The van der Waals surface area contributed by atoms with Crippen LogP contribution in [0, 0.1) is 0 Å². The summed E-state index contributed by atoms with van der Waals surface area (Å²) in [6, 6.07) is 2.38. The zero-order valence-electron chi connectivity index (χ0n) is 9.00. The number of carbonyl (C=O) groups is 1. The van der Waals surface area contributed by atoms with E-state index in [0.29, 0.717) is 13.0 Å². The van der Waals surface area contributed by atoms with Gasteiger partial charge in [0, 0.05) is 6.07 Å². The van der Waals surface area contributed by atoms with Gasteiger partial charge in [-0.05, 0) is 25.5 Å². The minimum absolute atomic E-state index is 0.0324. The Morgan fingerprint density at radius 1 is 1.50 bits per heavy atom. The topological polar surface area (TPSA) is 123 Å². The first-order valence-electron chi connectivity index (χ1n) is 4.99. The highest BCUT2D eigenvalue weighted by Gasteiger charge is 2.09. The van der Waals surface area contributed by atoms with Crippen LogP contribution in [0.1, 0.15) is 19.3 Å². The van der Waals surface area contributed by atoms with Crippen LogP contribution in [0.15, 0.2) is 22.8 Å². The normalized spacial score (nSPS) is 11.4. The number of nitrogens with two attached hydrogens (primary N) is 2. The van der Waals surface area contributed by atoms with Crippen LogP contribution < -0.4 is 11.5 Å². The number of hydrogen-bond acceptors (Lipinski definition) is 5. The predicted molar refractivity (Wildman–Crippen MR) is 58.9 cm³/mol. The van der Waals surface area contributed by atoms with E-state index in [1.165, 1.54) is 12.3 Å². The van der Waals surface area contributed by atoms with Crippen molar-refractivity contribution in [1.82, 2.24) is 0 Å². The van der Waals surface area contributed by atoms with Gasteiger partial charge in [0.1, 0.15) is 6.04 Å². The first-order valence-corrected chi connectivity index (χ1v) is 4.99. The molecule has 0 aromatic carbocycles. The molecule has 0 aliphatic rings. The fourth-order valence-electron chi connectivity index (χ4n) is 0.902. The predicted octanol–water partition coefficient (Wildman–Crippen LogP) is 0.513. The second-order valence-corrected chi connectivity index (χ2v) is 3.18. The van der Waals surface area contributed by atoms with E-state index in [1.54, 1.807) is 6.07 Å². The molecule has 1 aromatic rings. The second kappa shape index (κ2) is 8.75. The van der Waals surface area contributed by atoms with Crippen molar-refractivity contribution in [2.75, 3.05) is 6.54 Å². The maximum absolute atomic E-state index is 10.1. The van der Waals surface area contributed by atoms with Gasteiger partial charge in [-0.3, -0.25) is 4.79 Å². The second-order valence-electron chi connectivity index (χ2n) is 3.18. The quantitative estimate of drug-likeness (QED) is 0.546. The summed E-state index contributed by atoms with van der Waals surface area (Å²) in [5, 5.41) is 16.6. The van der Waals surface area contributed by atoms with Crippen LogP contribution in [-0.2, 0) is 4.79 Å².